The van der Waals surface area contributed by atoms with Crippen LogP contribution in [0.15, 0.2) is 59.3 Å². The highest BCUT2D eigenvalue weighted by molar-refractivity contribution is 7.12. The minimum atomic E-state index is -0.00123. The first-order valence-electron chi connectivity index (χ1n) is 9.09. The van der Waals surface area contributed by atoms with E-state index in [-0.39, 0.29) is 11.9 Å². The SMILES string of the molecule is O=C(NC[C@@H](c1cccs1)N1CCOCC1)c1sccc1-c1ccccc1. The van der Waals surface area contributed by atoms with Crippen LogP contribution >= 0.6 is 22.7 Å². The molecule has 0 spiro atoms. The van der Waals surface area contributed by atoms with Gasteiger partial charge in [0, 0.05) is 30.1 Å². The number of amides is 1. The summed E-state index contributed by atoms with van der Waals surface area (Å²) in [5.41, 5.74) is 2.07. The van der Waals surface area contributed by atoms with Gasteiger partial charge in [-0.1, -0.05) is 36.4 Å². The van der Waals surface area contributed by atoms with Crippen molar-refractivity contribution in [3.05, 3.63) is 69.0 Å². The molecule has 6 heteroatoms. The van der Waals surface area contributed by atoms with Crippen LogP contribution in [0.1, 0.15) is 20.6 Å². The summed E-state index contributed by atoms with van der Waals surface area (Å²) in [6.45, 7) is 3.89. The molecule has 1 aliphatic heterocycles. The van der Waals surface area contributed by atoms with Gasteiger partial charge in [-0.3, -0.25) is 9.69 Å². The summed E-state index contributed by atoms with van der Waals surface area (Å²) in [6.07, 6.45) is 0. The molecule has 0 unspecified atom stereocenters. The first-order chi connectivity index (χ1) is 13.3. The molecule has 4 nitrogen and oxygen atoms in total. The van der Waals surface area contributed by atoms with Crippen LogP contribution in [0.5, 0.6) is 0 Å². The van der Waals surface area contributed by atoms with Gasteiger partial charge >= 0.3 is 0 Å². The van der Waals surface area contributed by atoms with Crippen molar-refractivity contribution < 1.29 is 9.53 Å². The summed E-state index contributed by atoms with van der Waals surface area (Å²) in [5, 5.41) is 7.25. The molecule has 1 aromatic carbocycles. The molecule has 140 valence electrons. The van der Waals surface area contributed by atoms with Gasteiger partial charge in [-0.15, -0.1) is 22.7 Å². The van der Waals surface area contributed by atoms with E-state index in [1.54, 1.807) is 11.3 Å². The van der Waals surface area contributed by atoms with E-state index >= 15 is 0 Å². The van der Waals surface area contributed by atoms with E-state index in [0.717, 1.165) is 42.3 Å². The lowest BCUT2D eigenvalue weighted by Gasteiger charge is -2.34. The predicted molar refractivity (Wildman–Crippen MR) is 112 cm³/mol. The van der Waals surface area contributed by atoms with Crippen molar-refractivity contribution in [3.8, 4) is 11.1 Å². The topological polar surface area (TPSA) is 41.6 Å². The molecule has 3 aromatic rings. The van der Waals surface area contributed by atoms with Gasteiger partial charge in [0.05, 0.1) is 24.1 Å². The van der Waals surface area contributed by atoms with E-state index in [1.807, 2.05) is 41.8 Å². The molecule has 0 radical (unpaired) electrons. The summed E-state index contributed by atoms with van der Waals surface area (Å²) in [4.78, 5) is 17.4. The molecule has 0 bridgehead atoms. The summed E-state index contributed by atoms with van der Waals surface area (Å²) < 4.78 is 5.49. The number of ether oxygens (including phenoxy) is 1. The fourth-order valence-electron chi connectivity index (χ4n) is 3.38. The number of benzene rings is 1. The Labute approximate surface area is 167 Å². The first kappa shape index (κ1) is 18.4. The molecule has 27 heavy (non-hydrogen) atoms. The van der Waals surface area contributed by atoms with Crippen LogP contribution in [0.2, 0.25) is 0 Å². The second kappa shape index (κ2) is 8.80. The van der Waals surface area contributed by atoms with Crippen molar-refractivity contribution in [2.24, 2.45) is 0 Å². The van der Waals surface area contributed by atoms with Gasteiger partial charge in [0.2, 0.25) is 0 Å². The minimum Gasteiger partial charge on any atom is -0.379 e. The van der Waals surface area contributed by atoms with Crippen molar-refractivity contribution in [3.63, 3.8) is 0 Å². The second-order valence-corrected chi connectivity index (χ2v) is 8.31. The average molecular weight is 399 g/mol. The molecule has 1 fully saturated rings. The van der Waals surface area contributed by atoms with Crippen LogP contribution < -0.4 is 5.32 Å². The van der Waals surface area contributed by atoms with E-state index < -0.39 is 0 Å². The third-order valence-electron chi connectivity index (χ3n) is 4.77. The predicted octanol–water partition coefficient (Wildman–Crippen LogP) is 4.28. The van der Waals surface area contributed by atoms with Gasteiger partial charge in [-0.2, -0.15) is 0 Å². The van der Waals surface area contributed by atoms with E-state index in [2.05, 4.69) is 27.7 Å². The zero-order valence-electron chi connectivity index (χ0n) is 15.0. The number of carbonyl (C=O) groups excluding carboxylic acids is 1. The molecule has 1 N–H and O–H groups in total. The molecule has 1 aliphatic rings. The fourth-order valence-corrected chi connectivity index (χ4v) is 5.07. The van der Waals surface area contributed by atoms with Crippen molar-refractivity contribution in [2.45, 2.75) is 6.04 Å². The monoisotopic (exact) mass is 398 g/mol. The van der Waals surface area contributed by atoms with Crippen LogP contribution in [-0.4, -0.2) is 43.7 Å². The van der Waals surface area contributed by atoms with E-state index in [1.165, 1.54) is 16.2 Å². The maximum Gasteiger partial charge on any atom is 0.262 e. The number of hydrogen-bond donors (Lipinski definition) is 1. The van der Waals surface area contributed by atoms with Crippen molar-refractivity contribution in [1.82, 2.24) is 10.2 Å². The number of hydrogen-bond acceptors (Lipinski definition) is 5. The highest BCUT2D eigenvalue weighted by atomic mass is 32.1. The number of carbonyl (C=O) groups is 1. The van der Waals surface area contributed by atoms with E-state index in [9.17, 15) is 4.79 Å². The number of morpholine rings is 1. The third-order valence-corrected chi connectivity index (χ3v) is 6.66. The molecule has 1 amide bonds. The standard InChI is InChI=1S/C21H22N2O2S2/c24-21(20-17(8-14-27-20)16-5-2-1-3-6-16)22-15-18(19-7-4-13-26-19)23-9-11-25-12-10-23/h1-8,13-14,18H,9-12,15H2,(H,22,24)/t18-/m0/s1. The number of thiophene rings is 2. The number of nitrogens with one attached hydrogen (secondary N) is 1. The maximum atomic E-state index is 12.9. The lowest BCUT2D eigenvalue weighted by atomic mass is 10.1. The highest BCUT2D eigenvalue weighted by Gasteiger charge is 2.24. The summed E-state index contributed by atoms with van der Waals surface area (Å²) in [6, 6.07) is 16.5. The summed E-state index contributed by atoms with van der Waals surface area (Å²) in [5.74, 6) is -0.00123. The lowest BCUT2D eigenvalue weighted by Crippen LogP contribution is -2.43. The van der Waals surface area contributed by atoms with Gasteiger partial charge < -0.3 is 10.1 Å². The third kappa shape index (κ3) is 4.30. The first-order valence-corrected chi connectivity index (χ1v) is 10.8. The number of nitrogens with zero attached hydrogens (tertiary/aromatic N) is 1. The molecule has 2 aromatic heterocycles. The zero-order chi connectivity index (χ0) is 18.5. The largest absolute Gasteiger partial charge is 0.379 e. The van der Waals surface area contributed by atoms with Crippen molar-refractivity contribution in [2.75, 3.05) is 32.8 Å². The summed E-state index contributed by atoms with van der Waals surface area (Å²) in [7, 11) is 0. The Balaban J connectivity index is 1.48. The van der Waals surface area contributed by atoms with Crippen LogP contribution in [0.25, 0.3) is 11.1 Å². The Morgan fingerprint density at radius 2 is 1.85 bits per heavy atom. The van der Waals surface area contributed by atoms with Gasteiger partial charge in [0.1, 0.15) is 0 Å². The van der Waals surface area contributed by atoms with E-state index in [0.29, 0.717) is 6.54 Å². The smallest absolute Gasteiger partial charge is 0.262 e. The second-order valence-electron chi connectivity index (χ2n) is 6.42. The highest BCUT2D eigenvalue weighted by Crippen LogP contribution is 2.29. The fraction of sp³-hybridized carbons (Fsp3) is 0.286. The molecule has 0 aliphatic carbocycles. The van der Waals surface area contributed by atoms with Gasteiger partial charge in [-0.05, 0) is 28.5 Å². The van der Waals surface area contributed by atoms with Gasteiger partial charge in [-0.25, -0.2) is 0 Å². The molecular formula is C21H22N2O2S2. The van der Waals surface area contributed by atoms with Crippen molar-refractivity contribution >= 4 is 28.6 Å². The van der Waals surface area contributed by atoms with Crippen LogP contribution in [-0.2, 0) is 4.74 Å². The zero-order valence-corrected chi connectivity index (χ0v) is 16.6. The molecule has 1 saturated heterocycles. The van der Waals surface area contributed by atoms with Gasteiger partial charge in [0.15, 0.2) is 0 Å². The molecule has 1 atom stereocenters. The molecule has 4 rings (SSSR count). The number of rotatable bonds is 6. The van der Waals surface area contributed by atoms with Gasteiger partial charge in [0.25, 0.3) is 5.91 Å². The Morgan fingerprint density at radius 1 is 1.04 bits per heavy atom. The Kier molecular flexibility index (Phi) is 5.99. The van der Waals surface area contributed by atoms with Crippen LogP contribution in [0.4, 0.5) is 0 Å². The Morgan fingerprint density at radius 3 is 2.59 bits per heavy atom. The average Bonchev–Trinajstić information content (AvgIpc) is 3.42. The maximum absolute atomic E-state index is 12.9. The Bertz CT molecular complexity index is 855. The lowest BCUT2D eigenvalue weighted by molar-refractivity contribution is 0.0169. The van der Waals surface area contributed by atoms with E-state index in [4.69, 9.17) is 4.74 Å². The van der Waals surface area contributed by atoms with Crippen LogP contribution in [0, 0.1) is 0 Å². The quantitative estimate of drug-likeness (QED) is 0.674. The Hall–Kier alpha value is -1.99. The minimum absolute atomic E-state index is 0.00123. The van der Waals surface area contributed by atoms with Crippen molar-refractivity contribution in [1.29, 1.82) is 0 Å². The molecule has 0 saturated carbocycles. The normalized spacial score (nSPS) is 16.1. The summed E-state index contributed by atoms with van der Waals surface area (Å²) >= 11 is 3.24. The van der Waals surface area contributed by atoms with Crippen LogP contribution in [0.3, 0.4) is 0 Å². The molecular weight excluding hydrogens is 376 g/mol. The molecule has 3 heterocycles.